The van der Waals surface area contributed by atoms with E-state index in [-0.39, 0.29) is 17.5 Å². The fraction of sp³-hybridized carbons (Fsp3) is 0.350. The molecule has 2 aromatic rings. The summed E-state index contributed by atoms with van der Waals surface area (Å²) >= 11 is 0. The molecule has 0 radical (unpaired) electrons. The summed E-state index contributed by atoms with van der Waals surface area (Å²) < 4.78 is 17.9. The Bertz CT molecular complexity index is 665. The van der Waals surface area contributed by atoms with Crippen LogP contribution >= 0.6 is 0 Å². The third-order valence-electron chi connectivity index (χ3n) is 3.67. The molecule has 128 valence electrons. The summed E-state index contributed by atoms with van der Waals surface area (Å²) in [5.41, 5.74) is 2.24. The maximum absolute atomic E-state index is 12.2. The number of hydrogen-bond donors (Lipinski definition) is 0. The highest BCUT2D eigenvalue weighted by atomic mass is 32.2. The minimum atomic E-state index is -1.26. The van der Waals surface area contributed by atoms with Crippen molar-refractivity contribution in [2.75, 3.05) is 12.4 Å². The standard InChI is InChI=1S/C20H24O3S/c1-16-8-10-20(11-9-16)24(22)15-19(21)12-17(2)13-23-14-18-6-4-3-5-7-18/h3-11,17H,12-15H2,1-2H3/t17?,24-/m1/s1. The van der Waals surface area contributed by atoms with Crippen molar-refractivity contribution in [3.8, 4) is 0 Å². The van der Waals surface area contributed by atoms with Crippen molar-refractivity contribution < 1.29 is 13.7 Å². The molecule has 24 heavy (non-hydrogen) atoms. The average Bonchev–Trinajstić information content (AvgIpc) is 2.56. The lowest BCUT2D eigenvalue weighted by Crippen LogP contribution is -2.17. The second kappa shape index (κ2) is 9.50. The highest BCUT2D eigenvalue weighted by molar-refractivity contribution is 7.85. The van der Waals surface area contributed by atoms with Crippen LogP contribution in [0.4, 0.5) is 0 Å². The number of carbonyl (C=O) groups is 1. The highest BCUT2D eigenvalue weighted by Gasteiger charge is 2.14. The number of Topliss-reactive ketones (excluding diaryl/α,β-unsaturated/α-hetero) is 1. The lowest BCUT2D eigenvalue weighted by molar-refractivity contribution is -0.117. The lowest BCUT2D eigenvalue weighted by Gasteiger charge is -2.11. The number of aryl methyl sites for hydroxylation is 1. The summed E-state index contributed by atoms with van der Waals surface area (Å²) in [6, 6.07) is 17.4. The maximum atomic E-state index is 12.2. The zero-order chi connectivity index (χ0) is 17.4. The van der Waals surface area contributed by atoms with Gasteiger partial charge in [0.2, 0.25) is 0 Å². The topological polar surface area (TPSA) is 43.4 Å². The Morgan fingerprint density at radius 1 is 1.08 bits per heavy atom. The molecule has 0 bridgehead atoms. The molecule has 0 fully saturated rings. The van der Waals surface area contributed by atoms with Gasteiger partial charge in [-0.25, -0.2) is 0 Å². The van der Waals surface area contributed by atoms with Crippen molar-refractivity contribution in [1.82, 2.24) is 0 Å². The van der Waals surface area contributed by atoms with Crippen molar-refractivity contribution in [1.29, 1.82) is 0 Å². The number of benzene rings is 2. The Labute approximate surface area is 146 Å². The van der Waals surface area contributed by atoms with Crippen LogP contribution in [0.2, 0.25) is 0 Å². The van der Waals surface area contributed by atoms with E-state index < -0.39 is 10.8 Å². The molecule has 2 aromatic carbocycles. The van der Waals surface area contributed by atoms with Crippen LogP contribution in [-0.4, -0.2) is 22.4 Å². The van der Waals surface area contributed by atoms with Gasteiger partial charge in [0.15, 0.2) is 0 Å². The number of carbonyl (C=O) groups excluding carboxylic acids is 1. The molecule has 2 atom stereocenters. The summed E-state index contributed by atoms with van der Waals surface area (Å²) in [6.07, 6.45) is 0.395. The minimum Gasteiger partial charge on any atom is -0.376 e. The third-order valence-corrected chi connectivity index (χ3v) is 5.05. The van der Waals surface area contributed by atoms with Gasteiger partial charge < -0.3 is 4.74 Å². The molecule has 3 nitrogen and oxygen atoms in total. The van der Waals surface area contributed by atoms with Gasteiger partial charge in [-0.1, -0.05) is 55.0 Å². The first-order valence-corrected chi connectivity index (χ1v) is 9.45. The summed E-state index contributed by atoms with van der Waals surface area (Å²) in [5.74, 6) is 0.215. The molecule has 0 aliphatic rings. The first-order chi connectivity index (χ1) is 11.5. The molecule has 2 rings (SSSR count). The van der Waals surface area contributed by atoms with Crippen LogP contribution in [0.5, 0.6) is 0 Å². The second-order valence-corrected chi connectivity index (χ2v) is 7.60. The fourth-order valence-corrected chi connectivity index (χ4v) is 3.39. The maximum Gasteiger partial charge on any atom is 0.146 e. The van der Waals surface area contributed by atoms with Crippen molar-refractivity contribution >= 4 is 16.6 Å². The molecule has 0 amide bonds. The van der Waals surface area contributed by atoms with Gasteiger partial charge in [0.1, 0.15) is 5.78 Å². The number of hydrogen-bond acceptors (Lipinski definition) is 3. The molecule has 0 aromatic heterocycles. The SMILES string of the molecule is Cc1ccc([S@](=O)CC(=O)CC(C)COCc2ccccc2)cc1. The summed E-state index contributed by atoms with van der Waals surface area (Å²) in [5, 5.41) is 0. The molecule has 0 aliphatic heterocycles. The first kappa shape index (κ1) is 18.6. The van der Waals surface area contributed by atoms with Gasteiger partial charge in [-0.3, -0.25) is 9.00 Å². The highest BCUT2D eigenvalue weighted by Crippen LogP contribution is 2.11. The second-order valence-electron chi connectivity index (χ2n) is 6.15. The number of ether oxygens (including phenoxy) is 1. The quantitative estimate of drug-likeness (QED) is 0.692. The minimum absolute atomic E-state index is 0.0183. The molecule has 4 heteroatoms. The number of rotatable bonds is 9. The van der Waals surface area contributed by atoms with Gasteiger partial charge in [0.25, 0.3) is 0 Å². The Kier molecular flexibility index (Phi) is 7.35. The van der Waals surface area contributed by atoms with E-state index in [1.165, 1.54) is 0 Å². The third kappa shape index (κ3) is 6.38. The molecule has 0 aliphatic carbocycles. The van der Waals surface area contributed by atoms with E-state index in [9.17, 15) is 9.00 Å². The van der Waals surface area contributed by atoms with Crippen LogP contribution in [0.3, 0.4) is 0 Å². The van der Waals surface area contributed by atoms with E-state index in [4.69, 9.17) is 4.74 Å². The van der Waals surface area contributed by atoms with E-state index in [1.54, 1.807) is 0 Å². The lowest BCUT2D eigenvalue weighted by atomic mass is 10.1. The van der Waals surface area contributed by atoms with Crippen LogP contribution in [0.15, 0.2) is 59.5 Å². The molecular weight excluding hydrogens is 320 g/mol. The monoisotopic (exact) mass is 344 g/mol. The van der Waals surface area contributed by atoms with Gasteiger partial charge in [0, 0.05) is 17.9 Å². The Balaban J connectivity index is 1.71. The fourth-order valence-electron chi connectivity index (χ4n) is 2.38. The summed E-state index contributed by atoms with van der Waals surface area (Å²) in [7, 11) is -1.26. The van der Waals surface area contributed by atoms with Gasteiger partial charge in [0.05, 0.1) is 23.2 Å². The van der Waals surface area contributed by atoms with E-state index in [0.29, 0.717) is 24.5 Å². The zero-order valence-corrected chi connectivity index (χ0v) is 15.1. The number of ketones is 1. The van der Waals surface area contributed by atoms with E-state index in [1.807, 2.05) is 68.4 Å². The van der Waals surface area contributed by atoms with Gasteiger partial charge >= 0.3 is 0 Å². The van der Waals surface area contributed by atoms with E-state index in [2.05, 4.69) is 0 Å². The molecule has 0 spiro atoms. The molecule has 0 heterocycles. The van der Waals surface area contributed by atoms with Crippen LogP contribution < -0.4 is 0 Å². The molecule has 0 saturated carbocycles. The summed E-state index contributed by atoms with van der Waals surface area (Å²) in [6.45, 7) is 5.04. The Morgan fingerprint density at radius 3 is 2.42 bits per heavy atom. The predicted octanol–water partition coefficient (Wildman–Crippen LogP) is 3.91. The summed E-state index contributed by atoms with van der Waals surface area (Å²) in [4.78, 5) is 12.8. The normalized spacial score (nSPS) is 13.4. The first-order valence-electron chi connectivity index (χ1n) is 8.13. The van der Waals surface area contributed by atoms with Gasteiger partial charge in [-0.05, 0) is 30.5 Å². The van der Waals surface area contributed by atoms with Crippen molar-refractivity contribution in [2.24, 2.45) is 5.92 Å². The predicted molar refractivity (Wildman–Crippen MR) is 97.3 cm³/mol. The zero-order valence-electron chi connectivity index (χ0n) is 14.2. The van der Waals surface area contributed by atoms with E-state index in [0.717, 1.165) is 11.1 Å². The molecule has 1 unspecified atom stereocenters. The van der Waals surface area contributed by atoms with Crippen LogP contribution in [-0.2, 0) is 26.9 Å². The van der Waals surface area contributed by atoms with Gasteiger partial charge in [-0.2, -0.15) is 0 Å². The molecule has 0 saturated heterocycles. The van der Waals surface area contributed by atoms with Crippen molar-refractivity contribution in [3.05, 3.63) is 65.7 Å². The largest absolute Gasteiger partial charge is 0.376 e. The van der Waals surface area contributed by atoms with E-state index >= 15 is 0 Å². The van der Waals surface area contributed by atoms with Crippen LogP contribution in [0.25, 0.3) is 0 Å². The Hall–Kier alpha value is -1.78. The van der Waals surface area contributed by atoms with Crippen molar-refractivity contribution in [2.45, 2.75) is 31.8 Å². The Morgan fingerprint density at radius 2 is 1.75 bits per heavy atom. The average molecular weight is 344 g/mol. The van der Waals surface area contributed by atoms with Crippen molar-refractivity contribution in [3.63, 3.8) is 0 Å². The van der Waals surface area contributed by atoms with Crippen LogP contribution in [0, 0.1) is 12.8 Å². The van der Waals surface area contributed by atoms with Crippen LogP contribution in [0.1, 0.15) is 24.5 Å². The smallest absolute Gasteiger partial charge is 0.146 e. The molecule has 0 N–H and O–H groups in total. The van der Waals surface area contributed by atoms with Gasteiger partial charge in [-0.15, -0.1) is 0 Å². The molecular formula is C20H24O3S.